The van der Waals surface area contributed by atoms with E-state index in [9.17, 15) is 18.3 Å². The predicted octanol–water partition coefficient (Wildman–Crippen LogP) is 2.52. The first-order valence-electron chi connectivity index (χ1n) is 9.68. The average molecular weight is 435 g/mol. The van der Waals surface area contributed by atoms with Crippen LogP contribution in [0, 0.1) is 0 Å². The summed E-state index contributed by atoms with van der Waals surface area (Å²) in [5.41, 5.74) is 1.44. The van der Waals surface area contributed by atoms with Gasteiger partial charge in [0, 0.05) is 19.6 Å². The van der Waals surface area contributed by atoms with Crippen LogP contribution in [-0.4, -0.2) is 53.3 Å². The quantitative estimate of drug-likeness (QED) is 0.625. The number of carboxylic acids is 1. The van der Waals surface area contributed by atoms with Crippen LogP contribution >= 0.6 is 0 Å². The van der Waals surface area contributed by atoms with Gasteiger partial charge in [0.05, 0.1) is 30.4 Å². The Morgan fingerprint density at radius 1 is 1.07 bits per heavy atom. The van der Waals surface area contributed by atoms with Gasteiger partial charge in [0.15, 0.2) is 11.5 Å². The lowest BCUT2D eigenvalue weighted by Crippen LogP contribution is -2.27. The molecule has 0 amide bonds. The molecule has 1 fully saturated rings. The number of sulfonamides is 1. The lowest BCUT2D eigenvalue weighted by molar-refractivity contribution is 0.0697. The van der Waals surface area contributed by atoms with Crippen LogP contribution in [0.4, 0.5) is 5.69 Å². The largest absolute Gasteiger partial charge is 0.493 e. The Morgan fingerprint density at radius 3 is 2.40 bits per heavy atom. The second kappa shape index (κ2) is 9.36. The van der Waals surface area contributed by atoms with E-state index in [1.165, 1.54) is 19.2 Å². The highest BCUT2D eigenvalue weighted by Gasteiger charge is 2.23. The van der Waals surface area contributed by atoms with E-state index in [0.717, 1.165) is 31.5 Å². The molecule has 2 N–H and O–H groups in total. The van der Waals surface area contributed by atoms with Gasteiger partial charge < -0.3 is 19.5 Å². The molecule has 2 aromatic rings. The molecule has 8 nitrogen and oxygen atoms in total. The van der Waals surface area contributed by atoms with Gasteiger partial charge in [-0.1, -0.05) is 6.07 Å². The van der Waals surface area contributed by atoms with E-state index < -0.39 is 16.0 Å². The van der Waals surface area contributed by atoms with Crippen molar-refractivity contribution in [2.24, 2.45) is 0 Å². The Kier molecular flexibility index (Phi) is 6.84. The van der Waals surface area contributed by atoms with Crippen LogP contribution < -0.4 is 19.1 Å². The van der Waals surface area contributed by atoms with E-state index in [4.69, 9.17) is 9.47 Å². The molecule has 0 aliphatic carbocycles. The second-order valence-corrected chi connectivity index (χ2v) is 8.78. The number of hydrogen-bond acceptors (Lipinski definition) is 6. The fourth-order valence-corrected chi connectivity index (χ4v) is 4.59. The molecule has 1 aliphatic heterocycles. The van der Waals surface area contributed by atoms with E-state index in [0.29, 0.717) is 23.6 Å². The molecule has 0 saturated carbocycles. The molecule has 0 spiro atoms. The van der Waals surface area contributed by atoms with Crippen molar-refractivity contribution in [1.82, 2.24) is 4.72 Å². The van der Waals surface area contributed by atoms with Crippen LogP contribution in [0.15, 0.2) is 41.3 Å². The third-order valence-electron chi connectivity index (χ3n) is 5.11. The van der Waals surface area contributed by atoms with Gasteiger partial charge >= 0.3 is 5.97 Å². The van der Waals surface area contributed by atoms with Crippen molar-refractivity contribution in [3.63, 3.8) is 0 Å². The normalized spacial score (nSPS) is 14.0. The van der Waals surface area contributed by atoms with Gasteiger partial charge in [0.25, 0.3) is 0 Å². The van der Waals surface area contributed by atoms with E-state index in [1.54, 1.807) is 25.3 Å². The van der Waals surface area contributed by atoms with Gasteiger partial charge in [-0.2, -0.15) is 0 Å². The number of carbonyl (C=O) groups is 1. The van der Waals surface area contributed by atoms with Crippen LogP contribution in [0.3, 0.4) is 0 Å². The SMILES string of the molecule is COc1ccc(CCNS(=O)(=O)c2ccc(N3CCCC3)c(C(=O)O)c2)cc1OC. The number of rotatable bonds is 9. The zero-order chi connectivity index (χ0) is 21.7. The van der Waals surface area contributed by atoms with E-state index in [-0.39, 0.29) is 17.0 Å². The van der Waals surface area contributed by atoms with Crippen molar-refractivity contribution in [1.29, 1.82) is 0 Å². The number of hydrogen-bond donors (Lipinski definition) is 2. The van der Waals surface area contributed by atoms with Crippen molar-refractivity contribution in [2.75, 3.05) is 38.8 Å². The van der Waals surface area contributed by atoms with Crippen LogP contribution in [0.1, 0.15) is 28.8 Å². The minimum Gasteiger partial charge on any atom is -0.493 e. The number of benzene rings is 2. The van der Waals surface area contributed by atoms with Crippen molar-refractivity contribution in [3.8, 4) is 11.5 Å². The van der Waals surface area contributed by atoms with Gasteiger partial charge in [-0.15, -0.1) is 0 Å². The van der Waals surface area contributed by atoms with Gasteiger partial charge in [0.1, 0.15) is 0 Å². The summed E-state index contributed by atoms with van der Waals surface area (Å²) in [7, 11) is -0.757. The fourth-order valence-electron chi connectivity index (χ4n) is 3.54. The second-order valence-electron chi connectivity index (χ2n) is 7.02. The molecule has 2 aromatic carbocycles. The summed E-state index contributed by atoms with van der Waals surface area (Å²) in [5.74, 6) is 0.0295. The van der Waals surface area contributed by atoms with E-state index in [1.807, 2.05) is 11.0 Å². The number of methoxy groups -OCH3 is 2. The third kappa shape index (κ3) is 4.85. The van der Waals surface area contributed by atoms with Crippen LogP contribution in [0.25, 0.3) is 0 Å². The molecule has 0 radical (unpaired) electrons. The maximum absolute atomic E-state index is 12.7. The smallest absolute Gasteiger partial charge is 0.337 e. The molecule has 1 saturated heterocycles. The van der Waals surface area contributed by atoms with E-state index >= 15 is 0 Å². The standard InChI is InChI=1S/C21H26N2O6S/c1-28-19-8-5-15(13-20(19)29-2)9-10-22-30(26,27)16-6-7-18(17(14-16)21(24)25)23-11-3-4-12-23/h5-8,13-14,22H,3-4,9-12H2,1-2H3,(H,24,25). The number of nitrogens with zero attached hydrogens (tertiary/aromatic N) is 1. The highest BCUT2D eigenvalue weighted by molar-refractivity contribution is 7.89. The number of anilines is 1. The van der Waals surface area contributed by atoms with Gasteiger partial charge in [-0.05, 0) is 55.2 Å². The number of ether oxygens (including phenoxy) is 2. The predicted molar refractivity (Wildman–Crippen MR) is 113 cm³/mol. The molecule has 30 heavy (non-hydrogen) atoms. The van der Waals surface area contributed by atoms with Crippen molar-refractivity contribution in [2.45, 2.75) is 24.2 Å². The summed E-state index contributed by atoms with van der Waals surface area (Å²) in [4.78, 5) is 13.6. The first-order chi connectivity index (χ1) is 14.4. The van der Waals surface area contributed by atoms with Crippen LogP contribution in [0.5, 0.6) is 11.5 Å². The number of carboxylic acid groups (broad SMARTS) is 1. The van der Waals surface area contributed by atoms with Crippen molar-refractivity contribution in [3.05, 3.63) is 47.5 Å². The lowest BCUT2D eigenvalue weighted by atomic mass is 10.1. The summed E-state index contributed by atoms with van der Waals surface area (Å²) < 4.78 is 38.4. The van der Waals surface area contributed by atoms with Crippen LogP contribution in [0.2, 0.25) is 0 Å². The highest BCUT2D eigenvalue weighted by atomic mass is 32.2. The summed E-state index contributed by atoms with van der Waals surface area (Å²) >= 11 is 0. The summed E-state index contributed by atoms with van der Waals surface area (Å²) in [5, 5.41) is 9.57. The highest BCUT2D eigenvalue weighted by Crippen LogP contribution is 2.28. The summed E-state index contributed by atoms with van der Waals surface area (Å²) in [6, 6.07) is 9.66. The Morgan fingerprint density at radius 2 is 1.77 bits per heavy atom. The number of nitrogens with one attached hydrogen (secondary N) is 1. The third-order valence-corrected chi connectivity index (χ3v) is 6.57. The minimum atomic E-state index is -3.84. The topological polar surface area (TPSA) is 105 Å². The Bertz CT molecular complexity index is 1020. The molecular weight excluding hydrogens is 408 g/mol. The molecule has 1 heterocycles. The molecule has 0 atom stereocenters. The molecule has 1 aliphatic rings. The summed E-state index contributed by atoms with van der Waals surface area (Å²) in [6.07, 6.45) is 2.44. The molecule has 162 valence electrons. The van der Waals surface area contributed by atoms with Crippen molar-refractivity contribution < 1.29 is 27.8 Å². The van der Waals surface area contributed by atoms with Gasteiger partial charge in [-0.25, -0.2) is 17.9 Å². The molecule has 0 bridgehead atoms. The minimum absolute atomic E-state index is 0.000309. The average Bonchev–Trinajstić information content (AvgIpc) is 3.27. The Balaban J connectivity index is 1.72. The summed E-state index contributed by atoms with van der Waals surface area (Å²) in [6.45, 7) is 1.71. The molecule has 9 heteroatoms. The molecule has 0 aromatic heterocycles. The number of aromatic carboxylic acids is 1. The Labute approximate surface area is 176 Å². The monoisotopic (exact) mass is 434 g/mol. The molecule has 3 rings (SSSR count). The van der Waals surface area contributed by atoms with Crippen molar-refractivity contribution >= 4 is 21.7 Å². The lowest BCUT2D eigenvalue weighted by Gasteiger charge is -2.20. The van der Waals surface area contributed by atoms with E-state index in [2.05, 4.69) is 4.72 Å². The molecular formula is C21H26N2O6S. The zero-order valence-electron chi connectivity index (χ0n) is 17.1. The maximum atomic E-state index is 12.7. The Hall–Kier alpha value is -2.78. The molecule has 0 unspecified atom stereocenters. The zero-order valence-corrected chi connectivity index (χ0v) is 17.9. The van der Waals surface area contributed by atoms with Gasteiger partial charge in [0.2, 0.25) is 10.0 Å². The van der Waals surface area contributed by atoms with Gasteiger partial charge in [-0.3, -0.25) is 0 Å². The first kappa shape index (κ1) is 21.9. The first-order valence-corrected chi connectivity index (χ1v) is 11.2. The fraction of sp³-hybridized carbons (Fsp3) is 0.381. The maximum Gasteiger partial charge on any atom is 0.337 e. The van der Waals surface area contributed by atoms with Crippen LogP contribution in [-0.2, 0) is 16.4 Å².